The molecule has 12 heteroatoms. The van der Waals surface area contributed by atoms with Gasteiger partial charge in [-0.1, -0.05) is 29.8 Å². The fraction of sp³-hybridized carbons (Fsp3) is 0.0500. The molecule has 0 aliphatic rings. The van der Waals surface area contributed by atoms with Gasteiger partial charge >= 0.3 is 11.2 Å². The first kappa shape index (κ1) is 22.4. The molecule has 164 valence electrons. The predicted molar refractivity (Wildman–Crippen MR) is 114 cm³/mol. The quantitative estimate of drug-likeness (QED) is 0.361. The average molecular weight is 461 g/mol. The number of amides is 1. The summed E-state index contributed by atoms with van der Waals surface area (Å²) in [6, 6.07) is 10.3. The number of halogens is 2. The first-order valence-corrected chi connectivity index (χ1v) is 9.24. The Bertz CT molecular complexity index is 1260. The number of carbonyl (C=O) groups is 1. The lowest BCUT2D eigenvalue weighted by Gasteiger charge is -2.08. The van der Waals surface area contributed by atoms with Crippen LogP contribution in [0.4, 0.5) is 15.8 Å². The van der Waals surface area contributed by atoms with Crippen molar-refractivity contribution in [3.63, 3.8) is 0 Å². The fourth-order valence-electron chi connectivity index (χ4n) is 2.49. The Balaban J connectivity index is 1.58. The molecule has 1 aromatic heterocycles. The smallest absolute Gasteiger partial charge is 0.395 e. The van der Waals surface area contributed by atoms with Crippen LogP contribution in [-0.2, 0) is 4.79 Å². The van der Waals surface area contributed by atoms with Crippen molar-refractivity contribution < 1.29 is 24.0 Å². The number of anilines is 1. The van der Waals surface area contributed by atoms with E-state index in [1.807, 2.05) is 0 Å². The standard InChI is InChI=1S/C20H14ClFN4O6/c21-14-9-12(4-7-15(14)22)23-17(27)10-32-13-5-1-11(2-6-13)3-8-16-24-19(28)18(26(30)31)20(29)25-16/h1-9H,10H2,(H,23,27)(H2,24,25,28,29)/b8-3+. The third kappa shape index (κ3) is 5.67. The summed E-state index contributed by atoms with van der Waals surface area (Å²) in [5.74, 6) is -1.72. The predicted octanol–water partition coefficient (Wildman–Crippen LogP) is 3.36. The Morgan fingerprint density at radius 1 is 1.28 bits per heavy atom. The average Bonchev–Trinajstić information content (AvgIpc) is 2.73. The van der Waals surface area contributed by atoms with Crippen LogP contribution in [0, 0.1) is 15.9 Å². The van der Waals surface area contributed by atoms with Crippen molar-refractivity contribution >= 4 is 41.0 Å². The van der Waals surface area contributed by atoms with E-state index in [2.05, 4.69) is 15.3 Å². The van der Waals surface area contributed by atoms with Gasteiger partial charge in [0.2, 0.25) is 0 Å². The molecule has 1 amide bonds. The molecule has 2 aromatic carbocycles. The number of carbonyl (C=O) groups excluding carboxylic acids is 1. The molecule has 32 heavy (non-hydrogen) atoms. The highest BCUT2D eigenvalue weighted by Crippen LogP contribution is 2.20. The summed E-state index contributed by atoms with van der Waals surface area (Å²) in [6.07, 6.45) is 2.89. The number of nitrogens with zero attached hydrogens (tertiary/aromatic N) is 2. The maximum atomic E-state index is 13.1. The van der Waals surface area contributed by atoms with Crippen LogP contribution in [0.2, 0.25) is 5.02 Å². The minimum atomic E-state index is -1.08. The lowest BCUT2D eigenvalue weighted by molar-refractivity contribution is -0.387. The zero-order valence-corrected chi connectivity index (χ0v) is 16.8. The third-order valence-electron chi connectivity index (χ3n) is 3.96. The first-order valence-electron chi connectivity index (χ1n) is 8.86. The molecule has 3 N–H and O–H groups in total. The van der Waals surface area contributed by atoms with Gasteiger partial charge in [0.25, 0.3) is 11.8 Å². The van der Waals surface area contributed by atoms with Gasteiger partial charge in [0.05, 0.1) is 9.95 Å². The molecule has 0 saturated heterocycles. The molecule has 0 fully saturated rings. The van der Waals surface area contributed by atoms with Gasteiger partial charge in [-0.3, -0.25) is 19.7 Å². The molecule has 3 rings (SSSR count). The van der Waals surface area contributed by atoms with E-state index in [1.54, 1.807) is 24.3 Å². The van der Waals surface area contributed by atoms with Gasteiger partial charge in [-0.05, 0) is 42.0 Å². The van der Waals surface area contributed by atoms with Crippen LogP contribution in [0.3, 0.4) is 0 Å². The van der Waals surface area contributed by atoms with Gasteiger partial charge in [0, 0.05) is 5.69 Å². The van der Waals surface area contributed by atoms with E-state index in [0.29, 0.717) is 17.0 Å². The van der Waals surface area contributed by atoms with E-state index in [0.717, 1.165) is 6.07 Å². The highest BCUT2D eigenvalue weighted by atomic mass is 35.5. The Labute approximate surface area is 184 Å². The number of hydrogen-bond donors (Lipinski definition) is 3. The summed E-state index contributed by atoms with van der Waals surface area (Å²) >= 11 is 5.66. The molecule has 0 spiro atoms. The number of rotatable bonds is 7. The summed E-state index contributed by atoms with van der Waals surface area (Å²) in [6.45, 7) is -0.294. The van der Waals surface area contributed by atoms with Gasteiger partial charge in [-0.25, -0.2) is 4.39 Å². The second-order valence-electron chi connectivity index (χ2n) is 6.25. The molecule has 0 bridgehead atoms. The summed E-state index contributed by atoms with van der Waals surface area (Å²) < 4.78 is 18.5. The van der Waals surface area contributed by atoms with E-state index in [9.17, 15) is 29.2 Å². The first-order chi connectivity index (χ1) is 15.2. The number of benzene rings is 2. The molecule has 0 atom stereocenters. The second-order valence-corrected chi connectivity index (χ2v) is 6.66. The van der Waals surface area contributed by atoms with Crippen molar-refractivity contribution in [2.75, 3.05) is 11.9 Å². The van der Waals surface area contributed by atoms with E-state index in [-0.39, 0.29) is 17.5 Å². The zero-order valence-electron chi connectivity index (χ0n) is 16.0. The molecule has 0 aliphatic carbocycles. The maximum Gasteiger partial charge on any atom is 0.395 e. The fourth-order valence-corrected chi connectivity index (χ4v) is 2.67. The number of hydrogen-bond acceptors (Lipinski definition) is 7. The summed E-state index contributed by atoms with van der Waals surface area (Å²) in [7, 11) is 0. The molecule has 1 heterocycles. The number of aromatic amines is 1. The Kier molecular flexibility index (Phi) is 6.80. The van der Waals surface area contributed by atoms with Crippen molar-refractivity contribution in [1.29, 1.82) is 0 Å². The molecule has 0 unspecified atom stereocenters. The lowest BCUT2D eigenvalue weighted by Crippen LogP contribution is -2.20. The highest BCUT2D eigenvalue weighted by molar-refractivity contribution is 6.31. The van der Waals surface area contributed by atoms with E-state index in [1.165, 1.54) is 24.3 Å². The van der Waals surface area contributed by atoms with Crippen molar-refractivity contribution in [3.8, 4) is 11.6 Å². The SMILES string of the molecule is O=C(COc1ccc(/C=C/c2nc(O)c([N+](=O)[O-])c(=O)[nH]2)cc1)Nc1ccc(F)c(Cl)c1. The van der Waals surface area contributed by atoms with Crippen LogP contribution >= 0.6 is 11.6 Å². The zero-order chi connectivity index (χ0) is 23.3. The molecular formula is C20H14ClFN4O6. The number of aromatic hydroxyl groups is 1. The van der Waals surface area contributed by atoms with Gasteiger partial charge in [-0.15, -0.1) is 0 Å². The van der Waals surface area contributed by atoms with Gasteiger partial charge in [0.1, 0.15) is 17.4 Å². The monoisotopic (exact) mass is 460 g/mol. The number of nitro groups is 1. The molecule has 10 nitrogen and oxygen atoms in total. The summed E-state index contributed by atoms with van der Waals surface area (Å²) in [5.41, 5.74) is -1.13. The topological polar surface area (TPSA) is 147 Å². The Morgan fingerprint density at radius 3 is 2.62 bits per heavy atom. The van der Waals surface area contributed by atoms with E-state index < -0.39 is 33.8 Å². The minimum absolute atomic E-state index is 0.0732. The van der Waals surface area contributed by atoms with Crippen LogP contribution < -0.4 is 15.6 Å². The van der Waals surface area contributed by atoms with Gasteiger partial charge in [-0.2, -0.15) is 4.98 Å². The summed E-state index contributed by atoms with van der Waals surface area (Å²) in [4.78, 5) is 39.0. The largest absolute Gasteiger partial charge is 0.488 e. The molecule has 0 radical (unpaired) electrons. The van der Waals surface area contributed by atoms with Crippen molar-refractivity contribution in [1.82, 2.24) is 9.97 Å². The number of ether oxygens (including phenoxy) is 1. The molecule has 3 aromatic rings. The Morgan fingerprint density at radius 2 is 2.00 bits per heavy atom. The minimum Gasteiger partial charge on any atom is -0.488 e. The van der Waals surface area contributed by atoms with Crippen LogP contribution in [0.25, 0.3) is 12.2 Å². The van der Waals surface area contributed by atoms with Crippen molar-refractivity contribution in [2.24, 2.45) is 0 Å². The number of nitrogens with one attached hydrogen (secondary N) is 2. The molecular weight excluding hydrogens is 447 g/mol. The normalized spacial score (nSPS) is 10.8. The third-order valence-corrected chi connectivity index (χ3v) is 4.25. The van der Waals surface area contributed by atoms with E-state index in [4.69, 9.17) is 16.3 Å². The number of H-pyrrole nitrogens is 1. The van der Waals surface area contributed by atoms with Crippen molar-refractivity contribution in [3.05, 3.63) is 85.2 Å². The summed E-state index contributed by atoms with van der Waals surface area (Å²) in [5, 5.41) is 22.6. The highest BCUT2D eigenvalue weighted by Gasteiger charge is 2.21. The van der Waals surface area contributed by atoms with Gasteiger partial charge in [0.15, 0.2) is 6.61 Å². The Hall–Kier alpha value is -4.25. The van der Waals surface area contributed by atoms with Crippen LogP contribution in [0.1, 0.15) is 11.4 Å². The second kappa shape index (κ2) is 9.71. The maximum absolute atomic E-state index is 13.1. The number of aromatic nitrogens is 2. The molecule has 0 aliphatic heterocycles. The van der Waals surface area contributed by atoms with E-state index >= 15 is 0 Å². The molecule has 0 saturated carbocycles. The van der Waals surface area contributed by atoms with Crippen LogP contribution in [0.15, 0.2) is 47.3 Å². The van der Waals surface area contributed by atoms with Crippen molar-refractivity contribution in [2.45, 2.75) is 0 Å². The van der Waals surface area contributed by atoms with Gasteiger partial charge < -0.3 is 20.1 Å². The van der Waals surface area contributed by atoms with Crippen LogP contribution in [0.5, 0.6) is 11.6 Å². The van der Waals surface area contributed by atoms with Crippen LogP contribution in [-0.4, -0.2) is 32.5 Å². The lowest BCUT2D eigenvalue weighted by atomic mass is 10.2.